The van der Waals surface area contributed by atoms with Crippen molar-refractivity contribution in [3.8, 4) is 5.75 Å². The highest BCUT2D eigenvalue weighted by molar-refractivity contribution is 7.89. The molecule has 180 valence electrons. The predicted octanol–water partition coefficient (Wildman–Crippen LogP) is 2.76. The average molecular weight is 496 g/mol. The second kappa shape index (κ2) is 10.2. The molecular formula is C22H29N3O6S2. The number of anilines is 1. The molecule has 0 bridgehead atoms. The lowest BCUT2D eigenvalue weighted by Gasteiger charge is -2.21. The van der Waals surface area contributed by atoms with Crippen LogP contribution in [0.5, 0.6) is 5.75 Å². The van der Waals surface area contributed by atoms with E-state index >= 15 is 0 Å². The van der Waals surface area contributed by atoms with Crippen LogP contribution < -0.4 is 10.1 Å². The third-order valence-electron chi connectivity index (χ3n) is 5.50. The first kappa shape index (κ1) is 25.2. The van der Waals surface area contributed by atoms with E-state index in [2.05, 4.69) is 5.32 Å². The first-order chi connectivity index (χ1) is 15.6. The lowest BCUT2D eigenvalue weighted by Crippen LogP contribution is -2.32. The number of benzene rings is 2. The fourth-order valence-corrected chi connectivity index (χ4v) is 6.17. The maximum Gasteiger partial charge on any atom is 0.255 e. The molecule has 33 heavy (non-hydrogen) atoms. The van der Waals surface area contributed by atoms with Crippen LogP contribution in [0.1, 0.15) is 36.0 Å². The Morgan fingerprint density at radius 3 is 2.09 bits per heavy atom. The van der Waals surface area contributed by atoms with E-state index in [1.165, 1.54) is 68.0 Å². The van der Waals surface area contributed by atoms with Crippen LogP contribution >= 0.6 is 0 Å². The SMILES string of the molecule is COc1ccc(C(=O)Nc2ccc(S(=O)(=O)N(C)C)cc2)cc1S(=O)(=O)N1CCCCCC1. The van der Waals surface area contributed by atoms with E-state index in [1.807, 2.05) is 0 Å². The van der Waals surface area contributed by atoms with Gasteiger partial charge in [-0.05, 0) is 55.3 Å². The van der Waals surface area contributed by atoms with E-state index in [1.54, 1.807) is 0 Å². The first-order valence-electron chi connectivity index (χ1n) is 10.6. The Morgan fingerprint density at radius 1 is 0.939 bits per heavy atom. The number of ether oxygens (including phenoxy) is 1. The molecule has 2 aromatic carbocycles. The second-order valence-electron chi connectivity index (χ2n) is 7.95. The minimum absolute atomic E-state index is 0.0491. The van der Waals surface area contributed by atoms with Gasteiger partial charge in [-0.25, -0.2) is 21.1 Å². The van der Waals surface area contributed by atoms with Gasteiger partial charge in [-0.2, -0.15) is 4.31 Å². The monoisotopic (exact) mass is 495 g/mol. The molecule has 0 atom stereocenters. The van der Waals surface area contributed by atoms with Crippen LogP contribution in [0.25, 0.3) is 0 Å². The summed E-state index contributed by atoms with van der Waals surface area (Å²) in [7, 11) is -3.15. The van der Waals surface area contributed by atoms with Crippen LogP contribution in [0.3, 0.4) is 0 Å². The zero-order valence-electron chi connectivity index (χ0n) is 18.9. The van der Waals surface area contributed by atoms with Crippen molar-refractivity contribution < 1.29 is 26.4 Å². The van der Waals surface area contributed by atoms with E-state index in [0.29, 0.717) is 18.8 Å². The summed E-state index contributed by atoms with van der Waals surface area (Å²) in [6, 6.07) is 10.0. The Labute approximate surface area is 195 Å². The number of carbonyl (C=O) groups is 1. The van der Waals surface area contributed by atoms with Gasteiger partial charge in [-0.3, -0.25) is 4.79 Å². The van der Waals surface area contributed by atoms with Crippen LogP contribution in [-0.4, -0.2) is 65.6 Å². The third-order valence-corrected chi connectivity index (χ3v) is 9.25. The molecule has 3 rings (SSSR count). The van der Waals surface area contributed by atoms with E-state index in [0.717, 1.165) is 30.0 Å². The molecule has 1 saturated heterocycles. The van der Waals surface area contributed by atoms with Crippen LogP contribution in [-0.2, 0) is 20.0 Å². The summed E-state index contributed by atoms with van der Waals surface area (Å²) in [5, 5.41) is 2.68. The van der Waals surface area contributed by atoms with Gasteiger partial charge in [0.2, 0.25) is 20.0 Å². The maximum atomic E-state index is 13.3. The van der Waals surface area contributed by atoms with E-state index in [9.17, 15) is 21.6 Å². The molecule has 1 N–H and O–H groups in total. The minimum atomic E-state index is -3.83. The number of amides is 1. The minimum Gasteiger partial charge on any atom is -0.495 e. The molecule has 1 fully saturated rings. The number of hydrogen-bond acceptors (Lipinski definition) is 6. The molecule has 0 radical (unpaired) electrons. The van der Waals surface area contributed by atoms with Crippen molar-refractivity contribution in [1.82, 2.24) is 8.61 Å². The van der Waals surface area contributed by atoms with Gasteiger partial charge >= 0.3 is 0 Å². The molecule has 1 aliphatic heterocycles. The first-order valence-corrected chi connectivity index (χ1v) is 13.5. The summed E-state index contributed by atoms with van der Waals surface area (Å²) in [5.74, 6) is -0.345. The van der Waals surface area contributed by atoms with Gasteiger partial charge in [0.25, 0.3) is 5.91 Å². The fourth-order valence-electron chi connectivity index (χ4n) is 3.56. The quantitative estimate of drug-likeness (QED) is 0.632. The van der Waals surface area contributed by atoms with E-state index < -0.39 is 26.0 Å². The van der Waals surface area contributed by atoms with Gasteiger partial charge in [0, 0.05) is 38.4 Å². The summed E-state index contributed by atoms with van der Waals surface area (Å²) in [6.45, 7) is 0.869. The molecular weight excluding hydrogens is 466 g/mol. The van der Waals surface area contributed by atoms with Crippen LogP contribution in [0, 0.1) is 0 Å². The highest BCUT2D eigenvalue weighted by atomic mass is 32.2. The summed E-state index contributed by atoms with van der Waals surface area (Å²) in [6.07, 6.45) is 3.56. The molecule has 1 heterocycles. The van der Waals surface area contributed by atoms with E-state index in [4.69, 9.17) is 4.74 Å². The smallest absolute Gasteiger partial charge is 0.255 e. The Balaban J connectivity index is 1.86. The molecule has 1 aliphatic rings. The fraction of sp³-hybridized carbons (Fsp3) is 0.409. The maximum absolute atomic E-state index is 13.3. The molecule has 0 spiro atoms. The van der Waals surface area contributed by atoms with Gasteiger partial charge in [-0.15, -0.1) is 0 Å². The lowest BCUT2D eigenvalue weighted by molar-refractivity contribution is 0.102. The van der Waals surface area contributed by atoms with Crippen molar-refractivity contribution in [3.05, 3.63) is 48.0 Å². The second-order valence-corrected chi connectivity index (χ2v) is 12.0. The van der Waals surface area contributed by atoms with Gasteiger partial charge in [-0.1, -0.05) is 12.8 Å². The van der Waals surface area contributed by atoms with Crippen molar-refractivity contribution in [3.63, 3.8) is 0 Å². The normalized spacial score (nSPS) is 15.8. The van der Waals surface area contributed by atoms with Crippen molar-refractivity contribution in [2.24, 2.45) is 0 Å². The molecule has 0 aliphatic carbocycles. The average Bonchev–Trinajstić information content (AvgIpc) is 3.09. The van der Waals surface area contributed by atoms with Crippen LogP contribution in [0.2, 0.25) is 0 Å². The molecule has 0 saturated carbocycles. The van der Waals surface area contributed by atoms with Crippen molar-refractivity contribution in [2.75, 3.05) is 39.6 Å². The lowest BCUT2D eigenvalue weighted by atomic mass is 10.2. The largest absolute Gasteiger partial charge is 0.495 e. The van der Waals surface area contributed by atoms with Gasteiger partial charge in [0.05, 0.1) is 12.0 Å². The number of nitrogens with zero attached hydrogens (tertiary/aromatic N) is 2. The summed E-state index contributed by atoms with van der Waals surface area (Å²) >= 11 is 0. The Kier molecular flexibility index (Phi) is 7.78. The number of sulfonamides is 2. The standard InChI is InChI=1S/C22H29N3O6S2/c1-24(2)32(27,28)19-11-9-18(10-12-19)23-22(26)17-8-13-20(31-3)21(16-17)33(29,30)25-14-6-4-5-7-15-25/h8-13,16H,4-7,14-15H2,1-3H3,(H,23,26). The van der Waals surface area contributed by atoms with Gasteiger partial charge in [0.1, 0.15) is 10.6 Å². The number of methoxy groups -OCH3 is 1. The molecule has 0 aromatic heterocycles. The zero-order chi connectivity index (χ0) is 24.2. The zero-order valence-corrected chi connectivity index (χ0v) is 20.6. The Hall–Kier alpha value is -2.47. The third kappa shape index (κ3) is 5.55. The van der Waals surface area contributed by atoms with Gasteiger partial charge < -0.3 is 10.1 Å². The van der Waals surface area contributed by atoms with E-state index in [-0.39, 0.29) is 21.1 Å². The molecule has 11 heteroatoms. The molecule has 1 amide bonds. The summed E-state index contributed by atoms with van der Waals surface area (Å²) < 4.78 is 58.8. The highest BCUT2D eigenvalue weighted by Crippen LogP contribution is 2.30. The Bertz CT molecular complexity index is 1200. The molecule has 0 unspecified atom stereocenters. The molecule has 2 aromatic rings. The summed E-state index contributed by atoms with van der Waals surface area (Å²) in [4.78, 5) is 12.9. The summed E-state index contributed by atoms with van der Waals surface area (Å²) in [5.41, 5.74) is 0.527. The number of carbonyl (C=O) groups excluding carboxylic acids is 1. The van der Waals surface area contributed by atoms with Crippen LogP contribution in [0.4, 0.5) is 5.69 Å². The topological polar surface area (TPSA) is 113 Å². The van der Waals surface area contributed by atoms with Crippen molar-refractivity contribution in [1.29, 1.82) is 0 Å². The van der Waals surface area contributed by atoms with Crippen LogP contribution in [0.15, 0.2) is 52.3 Å². The highest BCUT2D eigenvalue weighted by Gasteiger charge is 2.29. The number of hydrogen-bond donors (Lipinski definition) is 1. The van der Waals surface area contributed by atoms with Gasteiger partial charge in [0.15, 0.2) is 0 Å². The number of nitrogens with one attached hydrogen (secondary N) is 1. The molecule has 9 nitrogen and oxygen atoms in total. The van der Waals surface area contributed by atoms with Crippen molar-refractivity contribution in [2.45, 2.75) is 35.5 Å². The number of rotatable bonds is 7. The predicted molar refractivity (Wildman–Crippen MR) is 125 cm³/mol. The van der Waals surface area contributed by atoms with Crippen molar-refractivity contribution >= 4 is 31.6 Å². The Morgan fingerprint density at radius 2 is 1.55 bits per heavy atom.